The summed E-state index contributed by atoms with van der Waals surface area (Å²) in [6, 6.07) is -0.135. The van der Waals surface area contributed by atoms with Crippen LogP contribution >= 0.6 is 0 Å². The number of fused-ring (bicyclic) bond motifs is 1. The van der Waals surface area contributed by atoms with Crippen LogP contribution in [0.4, 0.5) is 0 Å². The molecule has 3 rings (SSSR count). The molecule has 0 bridgehead atoms. The minimum Gasteiger partial charge on any atom is -0.332 e. The van der Waals surface area contributed by atoms with Gasteiger partial charge in [-0.1, -0.05) is 12.8 Å². The first kappa shape index (κ1) is 11.1. The van der Waals surface area contributed by atoms with Gasteiger partial charge in [-0.2, -0.15) is 0 Å². The zero-order valence-corrected chi connectivity index (χ0v) is 10.2. The number of piperidine rings is 1. The molecule has 1 aliphatic carbocycles. The third-order valence-corrected chi connectivity index (χ3v) is 4.25. The van der Waals surface area contributed by atoms with Crippen LogP contribution in [0.5, 0.6) is 0 Å². The van der Waals surface area contributed by atoms with E-state index < -0.39 is 0 Å². The lowest BCUT2D eigenvalue weighted by atomic mass is 9.98. The molecule has 0 N–H and O–H groups in total. The Morgan fingerprint density at radius 3 is 2.71 bits per heavy atom. The van der Waals surface area contributed by atoms with Crippen molar-refractivity contribution in [3.8, 4) is 0 Å². The SMILES string of the molecule is O=C1C2CCCCN2C(=O)CN1CCC1CC1. The molecule has 4 nitrogen and oxygen atoms in total. The molecule has 1 unspecified atom stereocenters. The molecule has 0 aromatic heterocycles. The molecule has 17 heavy (non-hydrogen) atoms. The lowest BCUT2D eigenvalue weighted by Crippen LogP contribution is -2.61. The zero-order chi connectivity index (χ0) is 11.8. The van der Waals surface area contributed by atoms with Crippen molar-refractivity contribution in [1.82, 2.24) is 9.80 Å². The van der Waals surface area contributed by atoms with Crippen molar-refractivity contribution in [2.24, 2.45) is 5.92 Å². The fraction of sp³-hybridized carbons (Fsp3) is 0.846. The van der Waals surface area contributed by atoms with Crippen molar-refractivity contribution in [3.05, 3.63) is 0 Å². The fourth-order valence-electron chi connectivity index (χ4n) is 2.96. The van der Waals surface area contributed by atoms with E-state index in [1.165, 1.54) is 12.8 Å². The van der Waals surface area contributed by atoms with Crippen molar-refractivity contribution in [2.45, 2.75) is 44.6 Å². The van der Waals surface area contributed by atoms with E-state index in [9.17, 15) is 9.59 Å². The smallest absolute Gasteiger partial charge is 0.245 e. The van der Waals surface area contributed by atoms with E-state index in [2.05, 4.69) is 0 Å². The van der Waals surface area contributed by atoms with Crippen LogP contribution in [0.15, 0.2) is 0 Å². The quantitative estimate of drug-likeness (QED) is 0.733. The van der Waals surface area contributed by atoms with Gasteiger partial charge in [-0.15, -0.1) is 0 Å². The third-order valence-electron chi connectivity index (χ3n) is 4.25. The van der Waals surface area contributed by atoms with E-state index >= 15 is 0 Å². The van der Waals surface area contributed by atoms with Gasteiger partial charge < -0.3 is 9.80 Å². The summed E-state index contributed by atoms with van der Waals surface area (Å²) in [6.07, 6.45) is 6.71. The van der Waals surface area contributed by atoms with E-state index in [1.807, 2.05) is 0 Å². The van der Waals surface area contributed by atoms with E-state index in [1.54, 1.807) is 9.80 Å². The molecule has 2 aliphatic heterocycles. The van der Waals surface area contributed by atoms with E-state index in [4.69, 9.17) is 0 Å². The van der Waals surface area contributed by atoms with Gasteiger partial charge in [0.15, 0.2) is 0 Å². The monoisotopic (exact) mass is 236 g/mol. The van der Waals surface area contributed by atoms with Gasteiger partial charge in [0.25, 0.3) is 0 Å². The molecule has 0 radical (unpaired) electrons. The number of rotatable bonds is 3. The van der Waals surface area contributed by atoms with Crippen LogP contribution in [0, 0.1) is 5.92 Å². The molecule has 4 heteroatoms. The van der Waals surface area contributed by atoms with Gasteiger partial charge in [0.1, 0.15) is 6.04 Å². The molecule has 2 amide bonds. The Labute approximate surface area is 102 Å². The summed E-state index contributed by atoms with van der Waals surface area (Å²) in [5.74, 6) is 1.18. The highest BCUT2D eigenvalue weighted by atomic mass is 16.2. The number of carbonyl (C=O) groups is 2. The standard InChI is InChI=1S/C13H20N2O2/c16-12-9-14(8-6-10-4-5-10)13(17)11-3-1-2-7-15(11)12/h10-11H,1-9H2. The average Bonchev–Trinajstić information content (AvgIpc) is 3.16. The second-order valence-corrected chi connectivity index (χ2v) is 5.59. The molecule has 2 heterocycles. The van der Waals surface area contributed by atoms with Crippen molar-refractivity contribution in [3.63, 3.8) is 0 Å². The predicted molar refractivity (Wildman–Crippen MR) is 63.3 cm³/mol. The van der Waals surface area contributed by atoms with Crippen LogP contribution in [0.3, 0.4) is 0 Å². The maximum absolute atomic E-state index is 12.3. The van der Waals surface area contributed by atoms with Crippen LogP contribution in [0.1, 0.15) is 38.5 Å². The van der Waals surface area contributed by atoms with Gasteiger partial charge in [0, 0.05) is 13.1 Å². The Balaban J connectivity index is 1.65. The first-order valence-electron chi connectivity index (χ1n) is 6.84. The Bertz CT molecular complexity index is 338. The molecule has 3 fully saturated rings. The second kappa shape index (κ2) is 4.31. The molecule has 0 aromatic rings. The number of carbonyl (C=O) groups excluding carboxylic acids is 2. The van der Waals surface area contributed by atoms with Crippen LogP contribution in [0.25, 0.3) is 0 Å². The van der Waals surface area contributed by atoms with Gasteiger partial charge in [0.2, 0.25) is 11.8 Å². The lowest BCUT2D eigenvalue weighted by Gasteiger charge is -2.42. The number of piperazine rings is 1. The zero-order valence-electron chi connectivity index (χ0n) is 10.2. The van der Waals surface area contributed by atoms with Crippen molar-refractivity contribution >= 4 is 11.8 Å². The minimum absolute atomic E-state index is 0.135. The number of nitrogens with zero attached hydrogens (tertiary/aromatic N) is 2. The van der Waals surface area contributed by atoms with Gasteiger partial charge in [-0.05, 0) is 31.6 Å². The Morgan fingerprint density at radius 2 is 1.94 bits per heavy atom. The molecule has 1 atom stereocenters. The van der Waals surface area contributed by atoms with Gasteiger partial charge in [-0.3, -0.25) is 9.59 Å². The maximum Gasteiger partial charge on any atom is 0.245 e. The summed E-state index contributed by atoms with van der Waals surface area (Å²) in [4.78, 5) is 27.9. The first-order valence-corrected chi connectivity index (χ1v) is 6.84. The van der Waals surface area contributed by atoms with Gasteiger partial charge in [0.05, 0.1) is 6.54 Å². The average molecular weight is 236 g/mol. The Hall–Kier alpha value is -1.06. The van der Waals surface area contributed by atoms with Gasteiger partial charge >= 0.3 is 0 Å². The molecule has 94 valence electrons. The van der Waals surface area contributed by atoms with Crippen LogP contribution < -0.4 is 0 Å². The normalized spacial score (nSPS) is 29.5. The summed E-state index contributed by atoms with van der Waals surface area (Å²) < 4.78 is 0. The van der Waals surface area contributed by atoms with E-state index in [0.717, 1.165) is 44.7 Å². The van der Waals surface area contributed by atoms with Crippen LogP contribution in [-0.2, 0) is 9.59 Å². The summed E-state index contributed by atoms with van der Waals surface area (Å²) >= 11 is 0. The fourth-order valence-corrected chi connectivity index (χ4v) is 2.96. The first-order chi connectivity index (χ1) is 8.25. The molecular weight excluding hydrogens is 216 g/mol. The third kappa shape index (κ3) is 2.17. The number of hydrogen-bond acceptors (Lipinski definition) is 2. The van der Waals surface area contributed by atoms with Gasteiger partial charge in [-0.25, -0.2) is 0 Å². The minimum atomic E-state index is -0.135. The Morgan fingerprint density at radius 1 is 1.12 bits per heavy atom. The highest BCUT2D eigenvalue weighted by Gasteiger charge is 2.40. The lowest BCUT2D eigenvalue weighted by molar-refractivity contribution is -0.157. The number of hydrogen-bond donors (Lipinski definition) is 0. The molecule has 1 saturated carbocycles. The number of amides is 2. The summed E-state index contributed by atoms with van der Waals surface area (Å²) in [5, 5.41) is 0. The van der Waals surface area contributed by atoms with Crippen LogP contribution in [0.2, 0.25) is 0 Å². The molecule has 3 aliphatic rings. The summed E-state index contributed by atoms with van der Waals surface area (Å²) in [5.41, 5.74) is 0. The van der Waals surface area contributed by atoms with Crippen molar-refractivity contribution < 1.29 is 9.59 Å². The van der Waals surface area contributed by atoms with Crippen molar-refractivity contribution in [1.29, 1.82) is 0 Å². The molecular formula is C13H20N2O2. The van der Waals surface area contributed by atoms with Crippen LogP contribution in [-0.4, -0.2) is 47.3 Å². The Kier molecular flexibility index (Phi) is 2.81. The largest absolute Gasteiger partial charge is 0.332 e. The van der Waals surface area contributed by atoms with E-state index in [0.29, 0.717) is 6.54 Å². The van der Waals surface area contributed by atoms with Crippen molar-refractivity contribution in [2.75, 3.05) is 19.6 Å². The highest BCUT2D eigenvalue weighted by molar-refractivity contribution is 5.95. The second-order valence-electron chi connectivity index (χ2n) is 5.59. The topological polar surface area (TPSA) is 40.6 Å². The molecule has 0 spiro atoms. The summed E-state index contributed by atoms with van der Waals surface area (Å²) in [7, 11) is 0. The molecule has 2 saturated heterocycles. The predicted octanol–water partition coefficient (Wildman–Crippen LogP) is 1.01. The maximum atomic E-state index is 12.3. The highest BCUT2D eigenvalue weighted by Crippen LogP contribution is 2.33. The van der Waals surface area contributed by atoms with E-state index in [-0.39, 0.29) is 17.9 Å². The molecule has 0 aromatic carbocycles. The summed E-state index contributed by atoms with van der Waals surface area (Å²) in [6.45, 7) is 1.90.